The van der Waals surface area contributed by atoms with Crippen molar-refractivity contribution in [2.75, 3.05) is 35.8 Å². The molecule has 0 saturated carbocycles. The zero-order chi connectivity index (χ0) is 32.9. The maximum absolute atomic E-state index is 13.5. The van der Waals surface area contributed by atoms with Crippen LogP contribution in [0.25, 0.3) is 11.3 Å². The Morgan fingerprint density at radius 2 is 1.57 bits per heavy atom. The highest BCUT2D eigenvalue weighted by Gasteiger charge is 2.46. The molecule has 0 aliphatic carbocycles. The Bertz CT molecular complexity index is 1850. The minimum absolute atomic E-state index is 0.109. The first-order valence-electron chi connectivity index (χ1n) is 14.0. The van der Waals surface area contributed by atoms with E-state index in [1.54, 1.807) is 5.38 Å². The van der Waals surface area contributed by atoms with Crippen molar-refractivity contribution in [3.63, 3.8) is 0 Å². The SMILES string of the molecule is O=C(c1ccc(C(F)(F)F)cc1NS(=O)(=O)c1cccnc1)N1CCC2(CC1)CN(c1nc(-c3ccc(C(F)(F)F)cc3)cs1)C2. The van der Waals surface area contributed by atoms with Crippen LogP contribution >= 0.6 is 11.3 Å². The highest BCUT2D eigenvalue weighted by atomic mass is 32.2. The average Bonchev–Trinajstić information content (AvgIpc) is 3.49. The van der Waals surface area contributed by atoms with Crippen LogP contribution in [0.4, 0.5) is 37.2 Å². The molecule has 2 saturated heterocycles. The summed E-state index contributed by atoms with van der Waals surface area (Å²) >= 11 is 1.38. The monoisotopic (exact) mass is 681 g/mol. The quantitative estimate of drug-likeness (QED) is 0.226. The largest absolute Gasteiger partial charge is 0.416 e. The molecule has 1 spiro atoms. The molecular formula is C30H25F6N5O3S2. The van der Waals surface area contributed by atoms with Gasteiger partial charge in [-0.25, -0.2) is 13.4 Å². The molecule has 1 N–H and O–H groups in total. The minimum atomic E-state index is -4.76. The predicted molar refractivity (Wildman–Crippen MR) is 159 cm³/mol. The van der Waals surface area contributed by atoms with Gasteiger partial charge in [0, 0.05) is 54.9 Å². The van der Waals surface area contributed by atoms with Crippen LogP contribution in [-0.4, -0.2) is 55.4 Å². The third kappa shape index (κ3) is 6.40. The van der Waals surface area contributed by atoms with Gasteiger partial charge in [-0.1, -0.05) is 12.1 Å². The number of thiazole rings is 1. The number of carbonyl (C=O) groups is 1. The molecule has 8 nitrogen and oxygen atoms in total. The first-order chi connectivity index (χ1) is 21.6. The average molecular weight is 682 g/mol. The van der Waals surface area contributed by atoms with E-state index in [0.717, 1.165) is 35.6 Å². The van der Waals surface area contributed by atoms with E-state index in [1.807, 2.05) is 0 Å². The van der Waals surface area contributed by atoms with Gasteiger partial charge in [-0.2, -0.15) is 26.3 Å². The topological polar surface area (TPSA) is 95.5 Å². The molecule has 2 aliphatic heterocycles. The molecule has 4 aromatic rings. The normalized spacial score (nSPS) is 16.7. The van der Waals surface area contributed by atoms with Crippen molar-refractivity contribution in [2.45, 2.75) is 30.1 Å². The molecule has 242 valence electrons. The van der Waals surface area contributed by atoms with Crippen molar-refractivity contribution in [1.29, 1.82) is 0 Å². The van der Waals surface area contributed by atoms with Crippen LogP contribution in [0.5, 0.6) is 0 Å². The van der Waals surface area contributed by atoms with Gasteiger partial charge in [0.1, 0.15) is 4.90 Å². The molecule has 2 fully saturated rings. The summed E-state index contributed by atoms with van der Waals surface area (Å²) < 4.78 is 107. The number of nitrogens with zero attached hydrogens (tertiary/aromatic N) is 4. The van der Waals surface area contributed by atoms with Gasteiger partial charge in [0.2, 0.25) is 0 Å². The lowest BCUT2D eigenvalue weighted by atomic mass is 9.72. The summed E-state index contributed by atoms with van der Waals surface area (Å²) in [5.74, 6) is -0.593. The number of piperidine rings is 1. The second-order valence-corrected chi connectivity index (χ2v) is 13.8. The highest BCUT2D eigenvalue weighted by molar-refractivity contribution is 7.92. The summed E-state index contributed by atoms with van der Waals surface area (Å²) in [6.07, 6.45) is -5.56. The molecule has 16 heteroatoms. The summed E-state index contributed by atoms with van der Waals surface area (Å²) in [6.45, 7) is 1.95. The molecule has 0 bridgehead atoms. The molecule has 2 aromatic carbocycles. The Morgan fingerprint density at radius 1 is 0.913 bits per heavy atom. The number of hydrogen-bond acceptors (Lipinski definition) is 7. The van der Waals surface area contributed by atoms with E-state index in [-0.39, 0.29) is 15.9 Å². The molecule has 2 aromatic heterocycles. The number of sulfonamides is 1. The summed E-state index contributed by atoms with van der Waals surface area (Å²) in [5.41, 5.74) is -1.49. The predicted octanol–water partition coefficient (Wildman–Crippen LogP) is 6.79. The van der Waals surface area contributed by atoms with E-state index < -0.39 is 45.1 Å². The Balaban J connectivity index is 1.12. The summed E-state index contributed by atoms with van der Waals surface area (Å²) in [7, 11) is -4.34. The molecule has 1 amide bonds. The fraction of sp³-hybridized carbons (Fsp3) is 0.300. The number of carbonyl (C=O) groups excluding carboxylic acids is 1. The molecule has 6 rings (SSSR count). The van der Waals surface area contributed by atoms with Gasteiger partial charge < -0.3 is 9.80 Å². The molecule has 0 unspecified atom stereocenters. The minimum Gasteiger partial charge on any atom is -0.347 e. The number of amides is 1. The maximum Gasteiger partial charge on any atom is 0.416 e. The van der Waals surface area contributed by atoms with Gasteiger partial charge in [-0.3, -0.25) is 14.5 Å². The fourth-order valence-corrected chi connectivity index (χ4v) is 7.51. The highest BCUT2D eigenvalue weighted by Crippen LogP contribution is 2.44. The van der Waals surface area contributed by atoms with Gasteiger partial charge >= 0.3 is 12.4 Å². The van der Waals surface area contributed by atoms with Crippen LogP contribution in [0.1, 0.15) is 34.3 Å². The zero-order valence-electron chi connectivity index (χ0n) is 23.8. The Morgan fingerprint density at radius 3 is 2.17 bits per heavy atom. The summed E-state index contributed by atoms with van der Waals surface area (Å²) in [6, 6.07) is 9.76. The number of rotatable bonds is 6. The molecule has 0 atom stereocenters. The third-order valence-corrected chi connectivity index (χ3v) is 10.5. The zero-order valence-corrected chi connectivity index (χ0v) is 25.4. The van der Waals surface area contributed by atoms with Crippen molar-refractivity contribution in [3.8, 4) is 11.3 Å². The van der Waals surface area contributed by atoms with Crippen LogP contribution in [0.15, 0.2) is 77.3 Å². The van der Waals surface area contributed by atoms with E-state index in [1.165, 1.54) is 46.7 Å². The van der Waals surface area contributed by atoms with Crippen LogP contribution < -0.4 is 9.62 Å². The van der Waals surface area contributed by atoms with Crippen LogP contribution in [-0.2, 0) is 22.4 Å². The van der Waals surface area contributed by atoms with Gasteiger partial charge in [0.15, 0.2) is 5.13 Å². The summed E-state index contributed by atoms with van der Waals surface area (Å²) in [4.78, 5) is 25.2. The lowest BCUT2D eigenvalue weighted by molar-refractivity contribution is -0.138. The third-order valence-electron chi connectivity index (χ3n) is 8.20. The number of alkyl halides is 6. The first kappa shape index (κ1) is 31.8. The second-order valence-electron chi connectivity index (χ2n) is 11.3. The molecular weight excluding hydrogens is 656 g/mol. The molecule has 0 radical (unpaired) electrons. The van der Waals surface area contributed by atoms with Crippen LogP contribution in [0.2, 0.25) is 0 Å². The smallest absolute Gasteiger partial charge is 0.347 e. The molecule has 2 aliphatic rings. The molecule has 4 heterocycles. The van der Waals surface area contributed by atoms with Crippen LogP contribution in [0, 0.1) is 5.41 Å². The van der Waals surface area contributed by atoms with Crippen molar-refractivity contribution in [2.24, 2.45) is 5.41 Å². The van der Waals surface area contributed by atoms with E-state index in [2.05, 4.69) is 19.6 Å². The second kappa shape index (κ2) is 11.6. The number of likely N-dealkylation sites (tertiary alicyclic amines) is 1. The Kier molecular flexibility index (Phi) is 7.99. The van der Waals surface area contributed by atoms with Crippen LogP contribution in [0.3, 0.4) is 0 Å². The van der Waals surface area contributed by atoms with Gasteiger partial charge in [-0.15, -0.1) is 11.3 Å². The Hall–Kier alpha value is -4.18. The van der Waals surface area contributed by atoms with Crippen molar-refractivity contribution >= 4 is 38.1 Å². The van der Waals surface area contributed by atoms with E-state index >= 15 is 0 Å². The lowest BCUT2D eigenvalue weighted by Gasteiger charge is -2.54. The Labute approximate surface area is 263 Å². The number of hydrogen-bond donors (Lipinski definition) is 1. The number of benzene rings is 2. The standard InChI is InChI=1S/C30H25F6N5O3S2/c31-29(32,33)20-5-3-19(4-6-20)25-16-45-27(38-25)41-17-28(18-41)9-12-40(13-10-28)26(42)23-8-7-21(30(34,35)36)14-24(23)39-46(43,44)22-2-1-11-37-15-22/h1-8,11,14-16,39H,9-10,12-13,17-18H2. The molecule has 46 heavy (non-hydrogen) atoms. The number of anilines is 2. The van der Waals surface area contributed by atoms with Gasteiger partial charge in [0.05, 0.1) is 28.1 Å². The first-order valence-corrected chi connectivity index (χ1v) is 16.3. The van der Waals surface area contributed by atoms with Crippen molar-refractivity contribution in [3.05, 3.63) is 89.1 Å². The van der Waals surface area contributed by atoms with E-state index in [9.17, 15) is 39.6 Å². The summed E-state index contributed by atoms with van der Waals surface area (Å²) in [5, 5.41) is 2.52. The number of pyridine rings is 1. The number of aromatic nitrogens is 2. The van der Waals surface area contributed by atoms with Gasteiger partial charge in [0.25, 0.3) is 15.9 Å². The fourth-order valence-electron chi connectivity index (χ4n) is 5.64. The lowest BCUT2D eigenvalue weighted by Crippen LogP contribution is -2.61. The van der Waals surface area contributed by atoms with Crippen molar-refractivity contribution < 1.29 is 39.6 Å². The van der Waals surface area contributed by atoms with E-state index in [0.29, 0.717) is 56.3 Å². The maximum atomic E-state index is 13.5. The van der Waals surface area contributed by atoms with Gasteiger partial charge in [-0.05, 0) is 55.3 Å². The number of halogens is 6. The van der Waals surface area contributed by atoms with Crippen molar-refractivity contribution in [1.82, 2.24) is 14.9 Å². The van der Waals surface area contributed by atoms with E-state index in [4.69, 9.17) is 0 Å². The number of nitrogens with one attached hydrogen (secondary N) is 1.